The standard InChI is InChI=1S/C40H51N5O7S2/c1-23(2)30-22-53-36(42-30)29-19-33(28-15-16-32(51-6)24(3)34(28)41-29)52-26-18-31-35(46)43-40(37(47)44-54(49,50)27-13-14-27)20-25(40)12-10-8-7-9-11-17-39(4,5)38(48)45(31)21-26/h10,12,15-16,19,22-23,25-27,31H,7-9,11,13-14,17-18,20-21H2,1-6H3,(H,43,46)(H,44,47)/b12-10-/t25-,26-,31+,40-/m1/s1. The molecule has 0 radical (unpaired) electrons. The monoisotopic (exact) mass is 777 g/mol. The highest BCUT2D eigenvalue weighted by atomic mass is 32.2. The lowest BCUT2D eigenvalue weighted by Crippen LogP contribution is -2.57. The van der Waals surface area contributed by atoms with E-state index in [1.54, 1.807) is 12.0 Å². The molecule has 2 aromatic heterocycles. The minimum atomic E-state index is -3.84. The summed E-state index contributed by atoms with van der Waals surface area (Å²) in [4.78, 5) is 54.1. The number of hydrogen-bond acceptors (Lipinski definition) is 10. The van der Waals surface area contributed by atoms with E-state index in [0.29, 0.717) is 42.0 Å². The van der Waals surface area contributed by atoms with Crippen molar-refractivity contribution in [1.29, 1.82) is 0 Å². The third kappa shape index (κ3) is 7.47. The number of carbonyl (C=O) groups excluding carboxylic acids is 3. The van der Waals surface area contributed by atoms with Crippen LogP contribution >= 0.6 is 11.3 Å². The maximum absolute atomic E-state index is 14.4. The second-order valence-corrected chi connectivity index (χ2v) is 19.2. The third-order valence-electron chi connectivity index (χ3n) is 11.4. The van der Waals surface area contributed by atoms with Crippen LogP contribution in [-0.4, -0.2) is 77.6 Å². The van der Waals surface area contributed by atoms with E-state index in [4.69, 9.17) is 19.4 Å². The van der Waals surface area contributed by atoms with Crippen LogP contribution in [-0.2, 0) is 24.4 Å². The summed E-state index contributed by atoms with van der Waals surface area (Å²) in [7, 11) is -2.22. The number of thiazole rings is 1. The van der Waals surface area contributed by atoms with E-state index in [0.717, 1.165) is 47.3 Å². The zero-order valence-electron chi connectivity index (χ0n) is 31.9. The molecule has 4 heterocycles. The van der Waals surface area contributed by atoms with Crippen molar-refractivity contribution in [3.63, 3.8) is 0 Å². The van der Waals surface area contributed by atoms with Crippen LogP contribution in [0.3, 0.4) is 0 Å². The van der Waals surface area contributed by atoms with Crippen molar-refractivity contribution < 1.29 is 32.3 Å². The Balaban J connectivity index is 1.23. The first kappa shape index (κ1) is 38.2. The van der Waals surface area contributed by atoms with E-state index in [-0.39, 0.29) is 37.1 Å². The first-order valence-corrected chi connectivity index (χ1v) is 21.5. The Morgan fingerprint density at radius 2 is 1.89 bits per heavy atom. The number of hydrogen-bond donors (Lipinski definition) is 2. The molecule has 0 unspecified atom stereocenters. The van der Waals surface area contributed by atoms with Crippen molar-refractivity contribution in [1.82, 2.24) is 24.9 Å². The van der Waals surface area contributed by atoms with Crippen molar-refractivity contribution in [2.75, 3.05) is 13.7 Å². The van der Waals surface area contributed by atoms with Crippen molar-refractivity contribution in [3.8, 4) is 22.2 Å². The number of sulfonamides is 1. The smallest absolute Gasteiger partial charge is 0.259 e. The average molecular weight is 778 g/mol. The molecule has 1 aromatic carbocycles. The minimum absolute atomic E-state index is 0.155. The van der Waals surface area contributed by atoms with Crippen LogP contribution in [0.1, 0.15) is 103 Å². The molecule has 3 fully saturated rings. The van der Waals surface area contributed by atoms with E-state index >= 15 is 0 Å². The van der Waals surface area contributed by atoms with Crippen molar-refractivity contribution in [3.05, 3.63) is 47.0 Å². The number of carbonyl (C=O) groups is 3. The van der Waals surface area contributed by atoms with Crippen LogP contribution in [0.2, 0.25) is 0 Å². The molecule has 7 rings (SSSR count). The minimum Gasteiger partial charge on any atom is -0.496 e. The van der Waals surface area contributed by atoms with E-state index in [1.807, 2.05) is 56.5 Å². The van der Waals surface area contributed by atoms with E-state index in [2.05, 4.69) is 23.9 Å². The predicted octanol–water partition coefficient (Wildman–Crippen LogP) is 6.18. The first-order chi connectivity index (χ1) is 25.6. The molecule has 2 N–H and O–H groups in total. The fourth-order valence-corrected chi connectivity index (χ4v) is 10.0. The Morgan fingerprint density at radius 3 is 2.59 bits per heavy atom. The van der Waals surface area contributed by atoms with Gasteiger partial charge in [0.25, 0.3) is 5.91 Å². The van der Waals surface area contributed by atoms with Gasteiger partial charge in [-0.15, -0.1) is 11.3 Å². The molecule has 0 spiro atoms. The van der Waals surface area contributed by atoms with E-state index < -0.39 is 50.2 Å². The van der Waals surface area contributed by atoms with Gasteiger partial charge in [-0.25, -0.2) is 18.4 Å². The Hall–Kier alpha value is -4.04. The lowest BCUT2D eigenvalue weighted by Gasteiger charge is -2.33. The zero-order valence-corrected chi connectivity index (χ0v) is 33.6. The van der Waals surface area contributed by atoms with Crippen LogP contribution in [0, 0.1) is 18.3 Å². The quantitative estimate of drug-likeness (QED) is 0.255. The largest absolute Gasteiger partial charge is 0.496 e. The second-order valence-electron chi connectivity index (χ2n) is 16.3. The van der Waals surface area contributed by atoms with Gasteiger partial charge in [0.15, 0.2) is 0 Å². The lowest BCUT2D eigenvalue weighted by atomic mass is 9.85. The van der Waals surface area contributed by atoms with E-state index in [9.17, 15) is 22.8 Å². The third-order valence-corrected chi connectivity index (χ3v) is 14.1. The molecule has 4 atom stereocenters. The second kappa shape index (κ2) is 14.6. The lowest BCUT2D eigenvalue weighted by molar-refractivity contribution is -0.146. The highest BCUT2D eigenvalue weighted by Gasteiger charge is 2.62. The van der Waals surface area contributed by atoms with Gasteiger partial charge in [0.2, 0.25) is 21.8 Å². The number of nitrogens with zero attached hydrogens (tertiary/aromatic N) is 3. The summed E-state index contributed by atoms with van der Waals surface area (Å²) in [6.45, 7) is 10.1. The topological polar surface area (TPSA) is 157 Å². The average Bonchev–Trinajstić information content (AvgIpc) is 4.00. The van der Waals surface area contributed by atoms with Crippen LogP contribution < -0.4 is 19.5 Å². The Bertz CT molecular complexity index is 2110. The van der Waals surface area contributed by atoms with Crippen molar-refractivity contribution >= 4 is 50.0 Å². The van der Waals surface area contributed by atoms with Gasteiger partial charge in [0.05, 0.1) is 30.1 Å². The number of benzene rings is 1. The fraction of sp³-hybridized carbons (Fsp3) is 0.575. The van der Waals surface area contributed by atoms with Gasteiger partial charge in [0.1, 0.15) is 39.9 Å². The summed E-state index contributed by atoms with van der Waals surface area (Å²) in [6.07, 6.45) is 9.00. The predicted molar refractivity (Wildman–Crippen MR) is 208 cm³/mol. The van der Waals surface area contributed by atoms with Gasteiger partial charge in [-0.05, 0) is 63.5 Å². The SMILES string of the molecule is COc1ccc2c(O[C@@H]3C[C@H]4C(=O)N[C@]5(C(=O)NS(=O)(=O)C6CC6)C[C@H]5/C=C\CCCCCC(C)(C)C(=O)N4C3)cc(-c3nc(C(C)C)cs3)nc2c1C. The molecule has 2 saturated carbocycles. The molecule has 3 amide bonds. The molecule has 14 heteroatoms. The van der Waals surface area contributed by atoms with Gasteiger partial charge in [-0.2, -0.15) is 0 Å². The van der Waals surface area contributed by atoms with Gasteiger partial charge >= 0.3 is 0 Å². The number of rotatable bonds is 8. The maximum atomic E-state index is 14.4. The van der Waals surface area contributed by atoms with Crippen molar-refractivity contribution in [2.45, 2.75) is 121 Å². The number of aryl methyl sites for hydroxylation is 1. The molecular formula is C40H51N5O7S2. The normalized spacial score (nSPS) is 26.6. The number of allylic oxidation sites excluding steroid dienone is 1. The molecule has 2 aliphatic heterocycles. The summed E-state index contributed by atoms with van der Waals surface area (Å²) in [5, 5.41) is 5.93. The molecule has 0 bridgehead atoms. The fourth-order valence-electron chi connectivity index (χ4n) is 7.74. The number of amides is 3. The van der Waals surface area contributed by atoms with Crippen LogP contribution in [0.15, 0.2) is 35.7 Å². The molecule has 290 valence electrons. The zero-order chi connectivity index (χ0) is 38.6. The van der Waals surface area contributed by atoms with Crippen LogP contribution in [0.5, 0.6) is 11.5 Å². The first-order valence-electron chi connectivity index (χ1n) is 19.1. The molecule has 1 saturated heterocycles. The summed E-state index contributed by atoms with van der Waals surface area (Å²) in [5.41, 5.74) is 0.997. The highest BCUT2D eigenvalue weighted by molar-refractivity contribution is 7.91. The maximum Gasteiger partial charge on any atom is 0.259 e. The number of ether oxygens (including phenoxy) is 2. The van der Waals surface area contributed by atoms with Crippen LogP contribution in [0.4, 0.5) is 0 Å². The van der Waals surface area contributed by atoms with Gasteiger partial charge in [0, 0.05) is 40.1 Å². The Morgan fingerprint density at radius 1 is 1.11 bits per heavy atom. The summed E-state index contributed by atoms with van der Waals surface area (Å²) < 4.78 is 40.4. The van der Waals surface area contributed by atoms with Gasteiger partial charge in [-0.1, -0.05) is 52.7 Å². The molecule has 54 heavy (non-hydrogen) atoms. The molecule has 3 aromatic rings. The summed E-state index contributed by atoms with van der Waals surface area (Å²) in [5.74, 6) is -0.259. The highest BCUT2D eigenvalue weighted by Crippen LogP contribution is 2.46. The number of fused-ring (bicyclic) bond motifs is 3. The Labute approximate surface area is 321 Å². The number of aromatic nitrogens is 2. The molecule has 12 nitrogen and oxygen atoms in total. The van der Waals surface area contributed by atoms with Crippen molar-refractivity contribution in [2.24, 2.45) is 11.3 Å². The van der Waals surface area contributed by atoms with Gasteiger partial charge in [-0.3, -0.25) is 19.1 Å². The number of pyridine rings is 1. The number of nitrogens with one attached hydrogen (secondary N) is 2. The molecular weight excluding hydrogens is 727 g/mol. The number of methoxy groups -OCH3 is 1. The molecule has 2 aliphatic carbocycles. The molecule has 4 aliphatic rings. The summed E-state index contributed by atoms with van der Waals surface area (Å²) >= 11 is 1.51. The summed E-state index contributed by atoms with van der Waals surface area (Å²) in [6, 6.07) is 4.71. The van der Waals surface area contributed by atoms with Gasteiger partial charge < -0.3 is 19.7 Å². The van der Waals surface area contributed by atoms with E-state index in [1.165, 1.54) is 11.3 Å². The Kier molecular flexibility index (Phi) is 10.3. The van der Waals surface area contributed by atoms with Crippen LogP contribution in [0.25, 0.3) is 21.6 Å².